The van der Waals surface area contributed by atoms with Crippen molar-refractivity contribution in [3.63, 3.8) is 0 Å². The van der Waals surface area contributed by atoms with E-state index in [4.69, 9.17) is 4.74 Å². The summed E-state index contributed by atoms with van der Waals surface area (Å²) in [5.74, 6) is 0. The van der Waals surface area contributed by atoms with Crippen molar-refractivity contribution >= 4 is 0 Å². The minimum atomic E-state index is 0.446. The largest absolute Gasteiger partial charge is 0.380 e. The van der Waals surface area contributed by atoms with Crippen LogP contribution in [-0.4, -0.2) is 13.2 Å². The van der Waals surface area contributed by atoms with Gasteiger partial charge in [-0.3, -0.25) is 0 Å². The highest BCUT2D eigenvalue weighted by molar-refractivity contribution is 4.93. The fraction of sp³-hybridized carbons (Fsp3) is 1.00. The van der Waals surface area contributed by atoms with Crippen LogP contribution in [0, 0.1) is 10.8 Å². The van der Waals surface area contributed by atoms with Crippen LogP contribution in [-0.2, 0) is 4.74 Å². The molecule has 1 heterocycles. The van der Waals surface area contributed by atoms with Crippen molar-refractivity contribution in [2.24, 2.45) is 10.8 Å². The van der Waals surface area contributed by atoms with E-state index in [2.05, 4.69) is 27.7 Å². The molecule has 1 nitrogen and oxygen atoms in total. The summed E-state index contributed by atoms with van der Waals surface area (Å²) in [6.45, 7) is 11.1. The van der Waals surface area contributed by atoms with Gasteiger partial charge in [-0.2, -0.15) is 0 Å². The van der Waals surface area contributed by atoms with E-state index in [1.54, 1.807) is 0 Å². The van der Waals surface area contributed by atoms with Gasteiger partial charge in [-0.25, -0.2) is 0 Å². The molecule has 0 N–H and O–H groups in total. The van der Waals surface area contributed by atoms with Crippen LogP contribution >= 0.6 is 0 Å². The van der Waals surface area contributed by atoms with E-state index in [0.29, 0.717) is 10.8 Å². The Balaban J connectivity index is 2.61. The second-order valence-electron chi connectivity index (χ2n) is 4.29. The Morgan fingerprint density at radius 3 is 2.00 bits per heavy atom. The quantitative estimate of drug-likeness (QED) is 0.575. The number of rotatable bonds is 2. The lowest BCUT2D eigenvalue weighted by Crippen LogP contribution is -2.50. The molecule has 0 spiro atoms. The predicted molar refractivity (Wildman–Crippen MR) is 43.0 cm³/mol. The van der Waals surface area contributed by atoms with E-state index in [0.717, 1.165) is 13.2 Å². The van der Waals surface area contributed by atoms with E-state index in [9.17, 15) is 0 Å². The summed E-state index contributed by atoms with van der Waals surface area (Å²) in [6, 6.07) is 0. The van der Waals surface area contributed by atoms with Crippen LogP contribution < -0.4 is 0 Å². The summed E-state index contributed by atoms with van der Waals surface area (Å²) in [6.07, 6.45) is 1.24. The molecule has 1 fully saturated rings. The maximum atomic E-state index is 5.23. The van der Waals surface area contributed by atoms with Crippen LogP contribution in [0.2, 0.25) is 0 Å². The summed E-state index contributed by atoms with van der Waals surface area (Å²) in [5.41, 5.74) is 0.896. The molecule has 1 rings (SSSR count). The van der Waals surface area contributed by atoms with Gasteiger partial charge in [0.15, 0.2) is 0 Å². The maximum absolute atomic E-state index is 5.23. The van der Waals surface area contributed by atoms with E-state index in [1.807, 2.05) is 0 Å². The second kappa shape index (κ2) is 2.23. The van der Waals surface area contributed by atoms with Crippen molar-refractivity contribution in [3.8, 4) is 0 Å². The lowest BCUT2D eigenvalue weighted by Gasteiger charge is -2.50. The Labute approximate surface area is 63.8 Å². The van der Waals surface area contributed by atoms with Crippen LogP contribution in [0.15, 0.2) is 0 Å². The summed E-state index contributed by atoms with van der Waals surface area (Å²) < 4.78 is 5.23. The fourth-order valence-electron chi connectivity index (χ4n) is 1.23. The average molecular weight is 142 g/mol. The first-order chi connectivity index (χ1) is 4.52. The molecule has 0 aromatic rings. The van der Waals surface area contributed by atoms with E-state index < -0.39 is 0 Å². The molecule has 1 saturated heterocycles. The van der Waals surface area contributed by atoms with Gasteiger partial charge >= 0.3 is 0 Å². The summed E-state index contributed by atoms with van der Waals surface area (Å²) in [7, 11) is 0. The Kier molecular flexibility index (Phi) is 1.80. The SMILES string of the molecule is CCC(C)(C)C1(C)COC1. The molecule has 0 atom stereocenters. The minimum absolute atomic E-state index is 0.446. The lowest BCUT2D eigenvalue weighted by molar-refractivity contribution is -0.164. The predicted octanol–water partition coefficient (Wildman–Crippen LogP) is 2.46. The molecule has 0 aromatic carbocycles. The molecule has 10 heavy (non-hydrogen) atoms. The standard InChI is InChI=1S/C9H18O/c1-5-8(2,3)9(4)6-10-7-9/h5-7H2,1-4H3. The number of hydrogen-bond donors (Lipinski definition) is 0. The Hall–Kier alpha value is -0.0400. The van der Waals surface area contributed by atoms with Gasteiger partial charge in [0.2, 0.25) is 0 Å². The minimum Gasteiger partial charge on any atom is -0.380 e. The zero-order chi connectivity index (χ0) is 7.83. The Bertz CT molecular complexity index is 113. The van der Waals surface area contributed by atoms with E-state index >= 15 is 0 Å². The molecule has 1 aliphatic heterocycles. The molecule has 1 heteroatoms. The molecule has 0 radical (unpaired) electrons. The molecule has 0 bridgehead atoms. The first-order valence-corrected chi connectivity index (χ1v) is 4.10. The summed E-state index contributed by atoms with van der Waals surface area (Å²) >= 11 is 0. The smallest absolute Gasteiger partial charge is 0.0547 e. The van der Waals surface area contributed by atoms with Gasteiger partial charge in [0, 0.05) is 5.41 Å². The fourth-order valence-corrected chi connectivity index (χ4v) is 1.23. The number of ether oxygens (including phenoxy) is 1. The summed E-state index contributed by atoms with van der Waals surface area (Å²) in [4.78, 5) is 0. The molecule has 60 valence electrons. The van der Waals surface area contributed by atoms with Crippen molar-refractivity contribution in [1.29, 1.82) is 0 Å². The monoisotopic (exact) mass is 142 g/mol. The first-order valence-electron chi connectivity index (χ1n) is 4.10. The van der Waals surface area contributed by atoms with Gasteiger partial charge in [-0.1, -0.05) is 34.1 Å². The molecular formula is C9H18O. The third-order valence-corrected chi connectivity index (χ3v) is 3.36. The van der Waals surface area contributed by atoms with Crippen LogP contribution in [0.3, 0.4) is 0 Å². The van der Waals surface area contributed by atoms with Gasteiger partial charge in [-0.15, -0.1) is 0 Å². The molecule has 0 unspecified atom stereocenters. The van der Waals surface area contributed by atoms with Crippen molar-refractivity contribution in [2.45, 2.75) is 34.1 Å². The van der Waals surface area contributed by atoms with Gasteiger partial charge in [0.1, 0.15) is 0 Å². The third-order valence-electron chi connectivity index (χ3n) is 3.36. The van der Waals surface area contributed by atoms with Gasteiger partial charge < -0.3 is 4.74 Å². The summed E-state index contributed by atoms with van der Waals surface area (Å²) in [5, 5.41) is 0. The number of hydrogen-bond acceptors (Lipinski definition) is 1. The Morgan fingerprint density at radius 1 is 1.40 bits per heavy atom. The highest BCUT2D eigenvalue weighted by Gasteiger charge is 2.45. The molecule has 1 aliphatic rings. The van der Waals surface area contributed by atoms with Gasteiger partial charge in [0.05, 0.1) is 13.2 Å². The molecule has 0 aromatic heterocycles. The lowest BCUT2D eigenvalue weighted by atomic mass is 9.64. The average Bonchev–Trinajstić information content (AvgIpc) is 1.82. The van der Waals surface area contributed by atoms with Gasteiger partial charge in [-0.05, 0) is 5.41 Å². The first kappa shape index (κ1) is 8.06. The van der Waals surface area contributed by atoms with E-state index in [-0.39, 0.29) is 0 Å². The van der Waals surface area contributed by atoms with Crippen molar-refractivity contribution in [2.75, 3.05) is 13.2 Å². The highest BCUT2D eigenvalue weighted by atomic mass is 16.5. The third kappa shape index (κ3) is 0.968. The van der Waals surface area contributed by atoms with Crippen molar-refractivity contribution < 1.29 is 4.74 Å². The second-order valence-corrected chi connectivity index (χ2v) is 4.29. The molecule has 0 saturated carbocycles. The zero-order valence-corrected chi connectivity index (χ0v) is 7.53. The van der Waals surface area contributed by atoms with Crippen LogP contribution in [0.25, 0.3) is 0 Å². The van der Waals surface area contributed by atoms with Gasteiger partial charge in [0.25, 0.3) is 0 Å². The van der Waals surface area contributed by atoms with Crippen molar-refractivity contribution in [1.82, 2.24) is 0 Å². The van der Waals surface area contributed by atoms with Crippen molar-refractivity contribution in [3.05, 3.63) is 0 Å². The van der Waals surface area contributed by atoms with Crippen LogP contribution in [0.1, 0.15) is 34.1 Å². The topological polar surface area (TPSA) is 9.23 Å². The molecule has 0 aliphatic carbocycles. The van der Waals surface area contributed by atoms with E-state index in [1.165, 1.54) is 6.42 Å². The highest BCUT2D eigenvalue weighted by Crippen LogP contribution is 2.46. The zero-order valence-electron chi connectivity index (χ0n) is 7.53. The maximum Gasteiger partial charge on any atom is 0.0547 e. The van der Waals surface area contributed by atoms with Crippen LogP contribution in [0.4, 0.5) is 0 Å². The normalized spacial score (nSPS) is 24.0. The molecule has 0 amide bonds. The van der Waals surface area contributed by atoms with Crippen LogP contribution in [0.5, 0.6) is 0 Å². The Morgan fingerprint density at radius 2 is 1.90 bits per heavy atom. The molecular weight excluding hydrogens is 124 g/mol.